The van der Waals surface area contributed by atoms with Crippen LogP contribution in [-0.4, -0.2) is 251 Å². The number of aliphatic hydroxyl groups is 13. The van der Waals surface area contributed by atoms with Crippen LogP contribution in [0.25, 0.3) is 0 Å². The van der Waals surface area contributed by atoms with Gasteiger partial charge in [0.1, 0.15) is 84.8 Å². The summed E-state index contributed by atoms with van der Waals surface area (Å²) in [5, 5.41) is 146. The molecular formula is C63H100O26. The van der Waals surface area contributed by atoms with Crippen LogP contribution in [0.4, 0.5) is 0 Å². The van der Waals surface area contributed by atoms with Gasteiger partial charge in [0.05, 0.1) is 49.8 Å². The average Bonchev–Trinajstić information content (AvgIpc) is 0.674. The molecule has 0 bridgehead atoms. The molecule has 0 amide bonds. The van der Waals surface area contributed by atoms with Gasteiger partial charge in [-0.3, -0.25) is 4.79 Å². The minimum absolute atomic E-state index is 0.0429. The van der Waals surface area contributed by atoms with Crippen molar-refractivity contribution in [3.63, 3.8) is 0 Å². The summed E-state index contributed by atoms with van der Waals surface area (Å²) in [4.78, 5) is 28.8. The van der Waals surface area contributed by atoms with Gasteiger partial charge in [-0.25, -0.2) is 4.79 Å². The largest absolute Gasteiger partial charge is 0.454 e. The maximum atomic E-state index is 15.8. The summed E-state index contributed by atoms with van der Waals surface area (Å²) >= 11 is 0. The number of hydrogen-bond donors (Lipinski definition) is 13. The Morgan fingerprint density at radius 3 is 1.74 bits per heavy atom. The first kappa shape index (κ1) is 69.4. The van der Waals surface area contributed by atoms with Crippen molar-refractivity contribution in [1.29, 1.82) is 0 Å². The van der Waals surface area contributed by atoms with E-state index in [1.54, 1.807) is 13.8 Å². The molecule has 0 spiro atoms. The molecule has 9 fully saturated rings. The standard InChI is InChI=1S/C63H100O26/c1-12-13-37(67)85-49-29(5)83-56(51(46(49)76)88-55-45(75)42(72)48(28(4)82-55)86-52-47(77)50(32(65)24-79-52)87-54-44(74)41(71)39(69)27(3)81-54)89-57(78)63-21-20-58(6,7)22-31(63)30-14-15-34-59(8)18-17-36(84-53-43(73)40(70)38(68)26(2)80-53)60(9,25-64)33(59)16-19-61(34,10)62(30,11)23-35(63)66/h12-14,26-29,31-36,38-56,64-66,68-77H,15-25H2,1-11H3. The lowest BCUT2D eigenvalue weighted by Crippen LogP contribution is -2.69. The van der Waals surface area contributed by atoms with E-state index in [0.717, 1.165) is 11.6 Å². The van der Waals surface area contributed by atoms with Gasteiger partial charge in [0.25, 0.3) is 0 Å². The Hall–Kier alpha value is -2.46. The number of fused-ring (bicyclic) bond motifs is 7. The summed E-state index contributed by atoms with van der Waals surface area (Å²) in [6, 6.07) is 0. The van der Waals surface area contributed by atoms with Crippen molar-refractivity contribution in [2.24, 2.45) is 50.2 Å². The first-order valence-electron chi connectivity index (χ1n) is 32.0. The van der Waals surface area contributed by atoms with Gasteiger partial charge in [-0.2, -0.15) is 0 Å². The van der Waals surface area contributed by atoms with E-state index in [-0.39, 0.29) is 42.1 Å². The molecule has 5 saturated heterocycles. The summed E-state index contributed by atoms with van der Waals surface area (Å²) in [6.45, 7) is 19.9. The number of allylic oxidation sites excluding steroid dienone is 3. The fourth-order valence-corrected chi connectivity index (χ4v) is 18.1. The first-order chi connectivity index (χ1) is 41.6. The molecule has 10 aliphatic rings. The van der Waals surface area contributed by atoms with Crippen LogP contribution in [0.1, 0.15) is 134 Å². The maximum Gasteiger partial charge on any atom is 0.330 e. The average molecular weight is 1270 g/mol. The van der Waals surface area contributed by atoms with E-state index < -0.39 is 206 Å². The van der Waals surface area contributed by atoms with Gasteiger partial charge in [-0.15, -0.1) is 0 Å². The molecular weight excluding hydrogens is 1170 g/mol. The molecule has 5 aliphatic carbocycles. The zero-order valence-electron chi connectivity index (χ0n) is 52.9. The van der Waals surface area contributed by atoms with Crippen LogP contribution in [0.5, 0.6) is 0 Å². The summed E-state index contributed by atoms with van der Waals surface area (Å²) in [5.74, 6) is -2.23. The van der Waals surface area contributed by atoms with Crippen molar-refractivity contribution in [2.75, 3.05) is 13.2 Å². The minimum Gasteiger partial charge on any atom is -0.454 e. The molecule has 0 aromatic heterocycles. The Morgan fingerprint density at radius 1 is 0.562 bits per heavy atom. The molecule has 5 heterocycles. The van der Waals surface area contributed by atoms with Crippen LogP contribution in [0.3, 0.4) is 0 Å². The van der Waals surface area contributed by atoms with E-state index in [1.165, 1.54) is 26.8 Å². The maximum absolute atomic E-state index is 15.8. The SMILES string of the molecule is CC=CC(=O)OC1C(C)OC(OC(=O)C23CCC(C)(C)CC2C2=CCC4C5(C)CCC(OC6OC(C)C(O)C(O)C6O)C(C)(CO)C5CCC4(C)C2(C)CC3O)C(OC2OC(C)C(OC3OCC(O)C(OC4OC(C)C(O)C(O)C4O)C3O)C(O)C2O)C1O. The number of carbonyl (C=O) groups excluding carboxylic acids is 2. The molecule has 34 unspecified atom stereocenters. The van der Waals surface area contributed by atoms with Crippen molar-refractivity contribution in [3.05, 3.63) is 23.8 Å². The molecule has 34 atom stereocenters. The van der Waals surface area contributed by atoms with E-state index in [9.17, 15) is 71.2 Å². The van der Waals surface area contributed by atoms with Crippen molar-refractivity contribution < 1.29 is 128 Å². The van der Waals surface area contributed by atoms with Crippen molar-refractivity contribution in [2.45, 2.75) is 294 Å². The summed E-state index contributed by atoms with van der Waals surface area (Å²) in [5.41, 5.74) is -3.06. The van der Waals surface area contributed by atoms with Crippen molar-refractivity contribution in [1.82, 2.24) is 0 Å². The lowest BCUT2D eigenvalue weighted by Gasteiger charge is -2.72. The minimum atomic E-state index is -2.01. The highest BCUT2D eigenvalue weighted by atomic mass is 16.8. The normalized spacial score (nSPS) is 54.2. The van der Waals surface area contributed by atoms with Gasteiger partial charge >= 0.3 is 11.9 Å². The molecule has 0 aromatic carbocycles. The molecule has 508 valence electrons. The lowest BCUT2D eigenvalue weighted by atomic mass is 9.33. The summed E-state index contributed by atoms with van der Waals surface area (Å²) in [6.07, 6.45) is -29.3. The molecule has 13 N–H and O–H groups in total. The Morgan fingerprint density at radius 2 is 1.12 bits per heavy atom. The molecule has 5 aliphatic heterocycles. The quantitative estimate of drug-likeness (QED) is 0.0483. The van der Waals surface area contributed by atoms with Crippen molar-refractivity contribution >= 4 is 11.9 Å². The Bertz CT molecular complexity index is 2570. The van der Waals surface area contributed by atoms with Gasteiger partial charge in [0.2, 0.25) is 6.29 Å². The summed E-state index contributed by atoms with van der Waals surface area (Å²) < 4.78 is 66.2. The van der Waals surface area contributed by atoms with Crippen LogP contribution in [-0.2, 0) is 61.7 Å². The van der Waals surface area contributed by atoms with Gasteiger partial charge in [-0.1, -0.05) is 59.3 Å². The van der Waals surface area contributed by atoms with Crippen LogP contribution < -0.4 is 0 Å². The first-order valence-corrected chi connectivity index (χ1v) is 32.0. The van der Waals surface area contributed by atoms with E-state index >= 15 is 4.79 Å². The molecule has 26 nitrogen and oxygen atoms in total. The van der Waals surface area contributed by atoms with Gasteiger partial charge in [-0.05, 0) is 132 Å². The smallest absolute Gasteiger partial charge is 0.330 e. The van der Waals surface area contributed by atoms with Crippen LogP contribution in [0, 0.1) is 50.2 Å². The highest BCUT2D eigenvalue weighted by Crippen LogP contribution is 2.76. The molecule has 26 heteroatoms. The number of rotatable bonds is 13. The fraction of sp³-hybridized carbons (Fsp3) is 0.905. The second-order valence-electron chi connectivity index (χ2n) is 29.4. The van der Waals surface area contributed by atoms with Gasteiger partial charge in [0.15, 0.2) is 37.4 Å². The zero-order chi connectivity index (χ0) is 65.2. The predicted molar refractivity (Wildman–Crippen MR) is 305 cm³/mol. The third-order valence-corrected chi connectivity index (χ3v) is 23.7. The van der Waals surface area contributed by atoms with Crippen LogP contribution in [0.2, 0.25) is 0 Å². The highest BCUT2D eigenvalue weighted by molar-refractivity contribution is 5.82. The molecule has 89 heavy (non-hydrogen) atoms. The fourth-order valence-electron chi connectivity index (χ4n) is 18.1. The Balaban J connectivity index is 0.889. The second kappa shape index (κ2) is 25.6. The number of ether oxygens (including phenoxy) is 11. The lowest BCUT2D eigenvalue weighted by molar-refractivity contribution is -0.380. The predicted octanol–water partition coefficient (Wildman–Crippen LogP) is -0.391. The molecule has 0 aromatic rings. The number of hydrogen-bond acceptors (Lipinski definition) is 26. The zero-order valence-corrected chi connectivity index (χ0v) is 52.9. The van der Waals surface area contributed by atoms with Crippen LogP contribution in [0.15, 0.2) is 23.8 Å². The number of carbonyl (C=O) groups is 2. The van der Waals surface area contributed by atoms with E-state index in [4.69, 9.17) is 52.1 Å². The van der Waals surface area contributed by atoms with Crippen molar-refractivity contribution in [3.8, 4) is 0 Å². The number of aliphatic hydroxyl groups excluding tert-OH is 13. The highest BCUT2D eigenvalue weighted by Gasteiger charge is 2.73. The Kier molecular flexibility index (Phi) is 20.0. The summed E-state index contributed by atoms with van der Waals surface area (Å²) in [7, 11) is 0. The van der Waals surface area contributed by atoms with Crippen LogP contribution >= 0.6 is 0 Å². The molecule has 10 rings (SSSR count). The van der Waals surface area contributed by atoms with E-state index in [0.29, 0.717) is 44.9 Å². The second-order valence-corrected chi connectivity index (χ2v) is 29.4. The third kappa shape index (κ3) is 11.7. The van der Waals surface area contributed by atoms with E-state index in [1.807, 2.05) is 6.92 Å². The Labute approximate surface area is 519 Å². The van der Waals surface area contributed by atoms with E-state index in [2.05, 4.69) is 40.7 Å². The molecule has 0 radical (unpaired) electrons. The van der Waals surface area contributed by atoms with Gasteiger partial charge < -0.3 is 118 Å². The molecule has 4 saturated carbocycles. The third-order valence-electron chi connectivity index (χ3n) is 23.7. The monoisotopic (exact) mass is 1270 g/mol. The van der Waals surface area contributed by atoms with Gasteiger partial charge in [0, 0.05) is 11.5 Å². The number of esters is 2. The topological polar surface area (TPSA) is 399 Å².